The molecule has 1 aromatic heterocycles. The molecule has 0 aliphatic carbocycles. The molecule has 0 aliphatic heterocycles. The summed E-state index contributed by atoms with van der Waals surface area (Å²) in [5.41, 5.74) is 0.596. The molecule has 0 aliphatic rings. The molecule has 0 atom stereocenters. The van der Waals surface area contributed by atoms with Gasteiger partial charge >= 0.3 is 6.18 Å². The second kappa shape index (κ2) is 11.2. The van der Waals surface area contributed by atoms with Gasteiger partial charge < -0.3 is 16.0 Å². The fourth-order valence-electron chi connectivity index (χ4n) is 2.22. The molecule has 0 bridgehead atoms. The smallest absolute Gasteiger partial charge is 0.356 e. The van der Waals surface area contributed by atoms with Crippen LogP contribution in [0.4, 0.5) is 13.2 Å². The molecule has 0 saturated heterocycles. The zero-order chi connectivity index (χ0) is 19.9. The average molecular weight is 527 g/mol. The minimum Gasteiger partial charge on any atom is -0.356 e. The Kier molecular flexibility index (Phi) is 9.65. The number of hydrogen-bond donors (Lipinski definition) is 3. The van der Waals surface area contributed by atoms with Gasteiger partial charge in [-0.15, -0.1) is 35.3 Å². The van der Waals surface area contributed by atoms with Crippen molar-refractivity contribution in [3.05, 3.63) is 51.5 Å². The third kappa shape index (κ3) is 7.26. The maximum atomic E-state index is 12.5. The lowest BCUT2D eigenvalue weighted by Gasteiger charge is -2.12. The predicted octanol–water partition coefficient (Wildman–Crippen LogP) is 3.05. The summed E-state index contributed by atoms with van der Waals surface area (Å²) in [6, 6.07) is 7.16. The summed E-state index contributed by atoms with van der Waals surface area (Å²) < 4.78 is 37.6. The van der Waals surface area contributed by atoms with Crippen LogP contribution in [0, 0.1) is 0 Å². The summed E-state index contributed by atoms with van der Waals surface area (Å²) in [4.78, 5) is 19.3. The topological polar surface area (TPSA) is 78.4 Å². The number of halogens is 4. The largest absolute Gasteiger partial charge is 0.434 e. The molecule has 1 amide bonds. The molecule has 2 rings (SSSR count). The van der Waals surface area contributed by atoms with Crippen LogP contribution in [0.25, 0.3) is 0 Å². The highest BCUT2D eigenvalue weighted by molar-refractivity contribution is 14.0. The van der Waals surface area contributed by atoms with Gasteiger partial charge in [0, 0.05) is 44.5 Å². The van der Waals surface area contributed by atoms with E-state index in [0.29, 0.717) is 36.0 Å². The predicted molar refractivity (Wildman–Crippen MR) is 114 cm³/mol. The van der Waals surface area contributed by atoms with Gasteiger partial charge in [0.25, 0.3) is 5.91 Å². The van der Waals surface area contributed by atoms with Crippen LogP contribution in [0.5, 0.6) is 0 Å². The monoisotopic (exact) mass is 527 g/mol. The summed E-state index contributed by atoms with van der Waals surface area (Å²) in [6.07, 6.45) is -4.06. The lowest BCUT2D eigenvalue weighted by atomic mass is 10.1. The number of rotatable bonds is 6. The average Bonchev–Trinajstić information content (AvgIpc) is 3.13. The number of amides is 1. The number of nitrogens with zero attached hydrogens (tertiary/aromatic N) is 2. The molecule has 11 heteroatoms. The van der Waals surface area contributed by atoms with Crippen molar-refractivity contribution in [1.29, 1.82) is 0 Å². The first-order valence-corrected chi connectivity index (χ1v) is 8.98. The molecule has 0 radical (unpaired) electrons. The van der Waals surface area contributed by atoms with Crippen LogP contribution in [0.3, 0.4) is 0 Å². The van der Waals surface area contributed by atoms with E-state index in [1.165, 1.54) is 0 Å². The molecule has 6 nitrogen and oxygen atoms in total. The number of benzene rings is 1. The molecule has 2 aromatic rings. The molecule has 0 fully saturated rings. The first kappa shape index (κ1) is 24.1. The van der Waals surface area contributed by atoms with Crippen molar-refractivity contribution in [2.45, 2.75) is 19.1 Å². The molecule has 0 saturated carbocycles. The number of carbonyl (C=O) groups is 1. The van der Waals surface area contributed by atoms with Crippen molar-refractivity contribution in [3.63, 3.8) is 0 Å². The molecule has 28 heavy (non-hydrogen) atoms. The molecule has 0 unspecified atom stereocenters. The van der Waals surface area contributed by atoms with Gasteiger partial charge in [-0.25, -0.2) is 4.98 Å². The van der Waals surface area contributed by atoms with Crippen LogP contribution in [-0.2, 0) is 19.1 Å². The number of nitrogens with one attached hydrogen (secondary N) is 3. The summed E-state index contributed by atoms with van der Waals surface area (Å²) in [6.45, 7) is 0.836. The normalized spacial score (nSPS) is 11.5. The SMILES string of the molecule is CN=C(NCCc1nc(C(F)(F)F)cs1)NCc1cccc(C(=O)NC)c1.I. The fraction of sp³-hybridized carbons (Fsp3) is 0.353. The Morgan fingerprint density at radius 1 is 1.29 bits per heavy atom. The highest BCUT2D eigenvalue weighted by Gasteiger charge is 2.33. The van der Waals surface area contributed by atoms with E-state index >= 15 is 0 Å². The van der Waals surface area contributed by atoms with Crippen LogP contribution in [0.1, 0.15) is 26.6 Å². The Morgan fingerprint density at radius 2 is 2.04 bits per heavy atom. The highest BCUT2D eigenvalue weighted by atomic mass is 127. The van der Waals surface area contributed by atoms with E-state index in [1.807, 2.05) is 6.07 Å². The van der Waals surface area contributed by atoms with E-state index in [2.05, 4.69) is 25.9 Å². The summed E-state index contributed by atoms with van der Waals surface area (Å²) >= 11 is 0.983. The Morgan fingerprint density at radius 3 is 2.64 bits per heavy atom. The Balaban J connectivity index is 0.00000392. The molecule has 154 valence electrons. The third-order valence-electron chi connectivity index (χ3n) is 3.57. The van der Waals surface area contributed by atoms with Crippen LogP contribution < -0.4 is 16.0 Å². The van der Waals surface area contributed by atoms with E-state index in [-0.39, 0.29) is 29.9 Å². The molecule has 1 aromatic carbocycles. The van der Waals surface area contributed by atoms with Crippen LogP contribution >= 0.6 is 35.3 Å². The minimum atomic E-state index is -4.41. The number of aromatic nitrogens is 1. The number of guanidine groups is 1. The molecule has 1 heterocycles. The van der Waals surface area contributed by atoms with E-state index in [0.717, 1.165) is 22.3 Å². The minimum absolute atomic E-state index is 0. The van der Waals surface area contributed by atoms with Gasteiger partial charge in [0.2, 0.25) is 0 Å². The van der Waals surface area contributed by atoms with Crippen molar-refractivity contribution in [2.24, 2.45) is 4.99 Å². The summed E-state index contributed by atoms with van der Waals surface area (Å²) in [5.74, 6) is 0.342. The molecular weight excluding hydrogens is 506 g/mol. The van der Waals surface area contributed by atoms with Crippen LogP contribution in [-0.4, -0.2) is 37.5 Å². The van der Waals surface area contributed by atoms with Crippen molar-refractivity contribution in [2.75, 3.05) is 20.6 Å². The van der Waals surface area contributed by atoms with E-state index in [4.69, 9.17) is 0 Å². The van der Waals surface area contributed by atoms with Gasteiger partial charge in [0.05, 0.1) is 5.01 Å². The van der Waals surface area contributed by atoms with Gasteiger partial charge in [-0.3, -0.25) is 9.79 Å². The lowest BCUT2D eigenvalue weighted by Crippen LogP contribution is -2.37. The fourth-order valence-corrected chi connectivity index (χ4v) is 3.02. The van der Waals surface area contributed by atoms with Crippen LogP contribution in [0.15, 0.2) is 34.6 Å². The molecular formula is C17H21F3IN5OS. The second-order valence-electron chi connectivity index (χ2n) is 5.51. The number of carbonyl (C=O) groups excluding carboxylic acids is 1. The van der Waals surface area contributed by atoms with E-state index in [9.17, 15) is 18.0 Å². The number of hydrogen-bond acceptors (Lipinski definition) is 4. The summed E-state index contributed by atoms with van der Waals surface area (Å²) in [5, 5.41) is 10.1. The van der Waals surface area contributed by atoms with Crippen LogP contribution in [0.2, 0.25) is 0 Å². The number of aliphatic imine (C=N–C) groups is 1. The molecule has 0 spiro atoms. The summed E-state index contributed by atoms with van der Waals surface area (Å²) in [7, 11) is 3.17. The maximum absolute atomic E-state index is 12.5. The number of thiazole rings is 1. The quantitative estimate of drug-likeness (QED) is 0.307. The first-order chi connectivity index (χ1) is 12.8. The zero-order valence-electron chi connectivity index (χ0n) is 15.3. The van der Waals surface area contributed by atoms with Crippen molar-refractivity contribution in [1.82, 2.24) is 20.9 Å². The van der Waals surface area contributed by atoms with Gasteiger partial charge in [-0.2, -0.15) is 13.2 Å². The maximum Gasteiger partial charge on any atom is 0.434 e. The molecule has 3 N–H and O–H groups in total. The van der Waals surface area contributed by atoms with Gasteiger partial charge in [-0.1, -0.05) is 12.1 Å². The van der Waals surface area contributed by atoms with E-state index < -0.39 is 11.9 Å². The van der Waals surface area contributed by atoms with Gasteiger partial charge in [0.15, 0.2) is 11.7 Å². The second-order valence-corrected chi connectivity index (χ2v) is 6.45. The zero-order valence-corrected chi connectivity index (χ0v) is 18.4. The Hall–Kier alpha value is -1.89. The first-order valence-electron chi connectivity index (χ1n) is 8.10. The van der Waals surface area contributed by atoms with Crippen molar-refractivity contribution in [3.8, 4) is 0 Å². The number of alkyl halides is 3. The standard InChI is InChI=1S/C17H20F3N5OS.HI/c1-21-15(26)12-5-3-4-11(8-12)9-24-16(22-2)23-7-6-14-25-13(10-27-14)17(18,19)20;/h3-5,8,10H,6-7,9H2,1-2H3,(H,21,26)(H2,22,23,24);1H. The highest BCUT2D eigenvalue weighted by Crippen LogP contribution is 2.29. The Labute approximate surface area is 182 Å². The lowest BCUT2D eigenvalue weighted by molar-refractivity contribution is -0.140. The van der Waals surface area contributed by atoms with Crippen molar-refractivity contribution >= 4 is 47.2 Å². The van der Waals surface area contributed by atoms with Crippen molar-refractivity contribution < 1.29 is 18.0 Å². The van der Waals surface area contributed by atoms with Gasteiger partial charge in [0.1, 0.15) is 0 Å². The van der Waals surface area contributed by atoms with Gasteiger partial charge in [-0.05, 0) is 17.7 Å². The Bertz CT molecular complexity index is 810. The van der Waals surface area contributed by atoms with E-state index in [1.54, 1.807) is 32.3 Å². The third-order valence-corrected chi connectivity index (χ3v) is 4.48.